The monoisotopic (exact) mass is 270 g/mol. The molecule has 0 radical (unpaired) electrons. The second-order valence-electron chi connectivity index (χ2n) is 3.62. The molecule has 0 fully saturated rings. The molecule has 1 aliphatic rings. The number of carboxylic acid groups (broad SMARTS) is 1. The quantitative estimate of drug-likeness (QED) is 0.755. The molecule has 1 aliphatic heterocycles. The Balaban J connectivity index is 2.19. The first-order chi connectivity index (χ1) is 7.08. The van der Waals surface area contributed by atoms with Crippen LogP contribution < -0.4 is 11.1 Å². The predicted octanol–water partition coefficient (Wildman–Crippen LogP) is 1.20. The molecule has 0 aromatic heterocycles. The van der Waals surface area contributed by atoms with Gasteiger partial charge in [0.1, 0.15) is 6.04 Å². The molecule has 2 atom stereocenters. The molecular weight excluding hydrogens is 260 g/mol. The van der Waals surface area contributed by atoms with Gasteiger partial charge in [0.15, 0.2) is 0 Å². The molecule has 1 aromatic carbocycles. The molecule has 0 amide bonds. The number of nitrogens with one attached hydrogen (secondary N) is 1. The van der Waals surface area contributed by atoms with E-state index in [2.05, 4.69) is 21.2 Å². The summed E-state index contributed by atoms with van der Waals surface area (Å²) in [4.78, 5) is 10.7. The van der Waals surface area contributed by atoms with Crippen molar-refractivity contribution in [2.24, 2.45) is 5.73 Å². The molecule has 5 heteroatoms. The molecule has 4 N–H and O–H groups in total. The molecule has 0 aliphatic carbocycles. The van der Waals surface area contributed by atoms with Gasteiger partial charge in [0.05, 0.1) is 6.04 Å². The summed E-state index contributed by atoms with van der Waals surface area (Å²) < 4.78 is 0.993. The Morgan fingerprint density at radius 3 is 3.07 bits per heavy atom. The number of anilines is 1. The largest absolute Gasteiger partial charge is 0.480 e. The zero-order chi connectivity index (χ0) is 11.0. The molecule has 0 saturated heterocycles. The van der Waals surface area contributed by atoms with E-state index in [0.717, 1.165) is 15.7 Å². The normalized spacial score (nSPS) is 20.5. The first kappa shape index (κ1) is 10.4. The highest BCUT2D eigenvalue weighted by molar-refractivity contribution is 9.10. The van der Waals surface area contributed by atoms with Crippen LogP contribution in [-0.4, -0.2) is 23.2 Å². The molecule has 1 aromatic rings. The smallest absolute Gasteiger partial charge is 0.322 e. The lowest BCUT2D eigenvalue weighted by molar-refractivity contribution is -0.138. The third-order valence-electron chi connectivity index (χ3n) is 2.57. The van der Waals surface area contributed by atoms with Crippen LogP contribution >= 0.6 is 15.9 Å². The summed E-state index contributed by atoms with van der Waals surface area (Å²) in [5.74, 6) is -0.973. The molecule has 1 heterocycles. The van der Waals surface area contributed by atoms with Crippen LogP contribution in [0.5, 0.6) is 0 Å². The Labute approximate surface area is 95.6 Å². The van der Waals surface area contributed by atoms with Crippen LogP contribution in [-0.2, 0) is 11.2 Å². The highest BCUT2D eigenvalue weighted by Gasteiger charge is 2.29. The topological polar surface area (TPSA) is 75.4 Å². The average molecular weight is 271 g/mol. The van der Waals surface area contributed by atoms with Crippen molar-refractivity contribution in [2.75, 3.05) is 5.32 Å². The number of carbonyl (C=O) groups is 1. The van der Waals surface area contributed by atoms with Crippen molar-refractivity contribution in [1.82, 2.24) is 0 Å². The number of nitrogens with two attached hydrogens (primary N) is 1. The first-order valence-electron chi connectivity index (χ1n) is 4.61. The van der Waals surface area contributed by atoms with E-state index in [-0.39, 0.29) is 6.04 Å². The Kier molecular flexibility index (Phi) is 2.67. The molecule has 0 saturated carbocycles. The summed E-state index contributed by atoms with van der Waals surface area (Å²) in [6.07, 6.45) is 0.655. The van der Waals surface area contributed by atoms with E-state index in [9.17, 15) is 4.79 Å². The zero-order valence-electron chi connectivity index (χ0n) is 7.90. The Hall–Kier alpha value is -1.07. The van der Waals surface area contributed by atoms with Gasteiger partial charge in [0, 0.05) is 10.2 Å². The fourth-order valence-corrected chi connectivity index (χ4v) is 2.16. The van der Waals surface area contributed by atoms with Gasteiger partial charge in [-0.3, -0.25) is 4.79 Å². The Morgan fingerprint density at radius 1 is 1.67 bits per heavy atom. The van der Waals surface area contributed by atoms with E-state index >= 15 is 0 Å². The number of carboxylic acids is 1. The van der Waals surface area contributed by atoms with Crippen LogP contribution in [0.15, 0.2) is 22.7 Å². The lowest BCUT2D eigenvalue weighted by Crippen LogP contribution is -2.45. The van der Waals surface area contributed by atoms with Gasteiger partial charge in [-0.05, 0) is 30.2 Å². The Bertz CT molecular complexity index is 408. The summed E-state index contributed by atoms with van der Waals surface area (Å²) in [6.45, 7) is 0. The van der Waals surface area contributed by atoms with E-state index in [4.69, 9.17) is 10.8 Å². The summed E-state index contributed by atoms with van der Waals surface area (Å²) in [6, 6.07) is 4.74. The van der Waals surface area contributed by atoms with Crippen LogP contribution in [0.1, 0.15) is 5.56 Å². The van der Waals surface area contributed by atoms with Gasteiger partial charge in [0.2, 0.25) is 0 Å². The second kappa shape index (κ2) is 3.83. The predicted molar refractivity (Wildman–Crippen MR) is 60.9 cm³/mol. The average Bonchev–Trinajstić information content (AvgIpc) is 2.58. The summed E-state index contributed by atoms with van der Waals surface area (Å²) in [7, 11) is 0. The van der Waals surface area contributed by atoms with Crippen LogP contribution in [0.2, 0.25) is 0 Å². The van der Waals surface area contributed by atoms with Crippen LogP contribution in [0.3, 0.4) is 0 Å². The molecule has 80 valence electrons. The lowest BCUT2D eigenvalue weighted by Gasteiger charge is -2.15. The summed E-state index contributed by atoms with van der Waals surface area (Å²) in [5, 5.41) is 11.9. The zero-order valence-corrected chi connectivity index (χ0v) is 9.49. The number of hydrogen-bond donors (Lipinski definition) is 3. The van der Waals surface area contributed by atoms with Crippen LogP contribution in [0, 0.1) is 0 Å². The third-order valence-corrected chi connectivity index (χ3v) is 3.06. The van der Waals surface area contributed by atoms with Crippen molar-refractivity contribution in [3.63, 3.8) is 0 Å². The summed E-state index contributed by atoms with van der Waals surface area (Å²) >= 11 is 3.38. The van der Waals surface area contributed by atoms with Crippen molar-refractivity contribution >= 4 is 27.6 Å². The molecule has 0 bridgehead atoms. The maximum Gasteiger partial charge on any atom is 0.322 e. The van der Waals surface area contributed by atoms with Gasteiger partial charge < -0.3 is 16.2 Å². The minimum atomic E-state index is -0.973. The van der Waals surface area contributed by atoms with Gasteiger partial charge in [-0.1, -0.05) is 15.9 Å². The number of fused-ring (bicyclic) bond motifs is 1. The van der Waals surface area contributed by atoms with Gasteiger partial charge >= 0.3 is 5.97 Å². The van der Waals surface area contributed by atoms with Crippen LogP contribution in [0.4, 0.5) is 5.69 Å². The van der Waals surface area contributed by atoms with Gasteiger partial charge in [-0.2, -0.15) is 0 Å². The second-order valence-corrected chi connectivity index (χ2v) is 4.54. The minimum absolute atomic E-state index is 0.216. The number of halogens is 1. The number of hydrogen-bond acceptors (Lipinski definition) is 3. The van der Waals surface area contributed by atoms with Crippen molar-refractivity contribution in [3.05, 3.63) is 28.2 Å². The fourth-order valence-electron chi connectivity index (χ4n) is 1.75. The van der Waals surface area contributed by atoms with E-state index in [1.807, 2.05) is 18.2 Å². The van der Waals surface area contributed by atoms with Crippen molar-refractivity contribution in [1.29, 1.82) is 0 Å². The van der Waals surface area contributed by atoms with E-state index < -0.39 is 12.0 Å². The van der Waals surface area contributed by atoms with E-state index in [1.54, 1.807) is 0 Å². The summed E-state index contributed by atoms with van der Waals surface area (Å²) in [5.41, 5.74) is 7.64. The molecule has 4 nitrogen and oxygen atoms in total. The van der Waals surface area contributed by atoms with Gasteiger partial charge in [-0.25, -0.2) is 0 Å². The molecule has 0 spiro atoms. The van der Waals surface area contributed by atoms with Crippen LogP contribution in [0.25, 0.3) is 0 Å². The molecule has 2 unspecified atom stereocenters. The van der Waals surface area contributed by atoms with Gasteiger partial charge in [-0.15, -0.1) is 0 Å². The maximum absolute atomic E-state index is 10.7. The SMILES string of the molecule is NC(C(=O)O)C1Cc2cc(Br)ccc2N1. The highest BCUT2D eigenvalue weighted by atomic mass is 79.9. The first-order valence-corrected chi connectivity index (χ1v) is 5.40. The highest BCUT2D eigenvalue weighted by Crippen LogP contribution is 2.29. The standard InChI is InChI=1S/C10H11BrN2O2/c11-6-1-2-7-5(3-6)4-8(13-7)9(12)10(14)15/h1-3,8-9,13H,4,12H2,(H,14,15). The van der Waals surface area contributed by atoms with Gasteiger partial charge in [0.25, 0.3) is 0 Å². The van der Waals surface area contributed by atoms with E-state index in [0.29, 0.717) is 6.42 Å². The minimum Gasteiger partial charge on any atom is -0.480 e. The maximum atomic E-state index is 10.7. The molecule has 2 rings (SSSR count). The lowest BCUT2D eigenvalue weighted by atomic mass is 10.0. The fraction of sp³-hybridized carbons (Fsp3) is 0.300. The number of benzene rings is 1. The number of rotatable bonds is 2. The van der Waals surface area contributed by atoms with Crippen molar-refractivity contribution in [3.8, 4) is 0 Å². The number of aliphatic carboxylic acids is 1. The molecular formula is C10H11BrN2O2. The third kappa shape index (κ3) is 1.98. The van der Waals surface area contributed by atoms with Crippen molar-refractivity contribution < 1.29 is 9.90 Å². The Morgan fingerprint density at radius 2 is 2.40 bits per heavy atom. The van der Waals surface area contributed by atoms with E-state index in [1.165, 1.54) is 0 Å². The van der Waals surface area contributed by atoms with Crippen molar-refractivity contribution in [2.45, 2.75) is 18.5 Å². The molecule has 15 heavy (non-hydrogen) atoms.